The second kappa shape index (κ2) is 8.66. The predicted octanol–water partition coefficient (Wildman–Crippen LogP) is -0.479. The molecule has 0 fully saturated rings. The van der Waals surface area contributed by atoms with Crippen molar-refractivity contribution in [2.75, 3.05) is 13.2 Å². The summed E-state index contributed by atoms with van der Waals surface area (Å²) in [6.45, 7) is 0.546. The zero-order valence-corrected chi connectivity index (χ0v) is 16.2. The van der Waals surface area contributed by atoms with E-state index >= 15 is 0 Å². The van der Waals surface area contributed by atoms with E-state index < -0.39 is 17.2 Å². The molecule has 3 N–H and O–H groups in total. The van der Waals surface area contributed by atoms with Gasteiger partial charge in [-0.25, -0.2) is 4.98 Å². The molecule has 0 bridgehead atoms. The topological polar surface area (TPSA) is 152 Å². The standard InChI is InChI=1S/C20H21N3O7/c1-11(27)6-16(28)15-9-23(3-5-25)20(30)14-7-13-17(21-18(14)15)12(10-26)8-22(2-4-24)19(13)29/h7-10,16,24-25,28H,2-6H2,1H3. The average Bonchev–Trinajstić information content (AvgIpc) is 2.71. The summed E-state index contributed by atoms with van der Waals surface area (Å²) in [4.78, 5) is 53.1. The number of aliphatic hydroxyl groups is 3. The SMILES string of the molecule is CC(=O)CC(O)c1cn(CCO)c(=O)c2cc3c(=O)n(CCO)cc(C=O)c3nc12. The first-order chi connectivity index (χ1) is 14.3. The fraction of sp³-hybridized carbons (Fsp3) is 0.350. The number of carbonyl (C=O) groups is 2. The second-order valence-electron chi connectivity index (χ2n) is 6.93. The Kier molecular flexibility index (Phi) is 6.20. The fourth-order valence-corrected chi connectivity index (χ4v) is 3.42. The zero-order valence-electron chi connectivity index (χ0n) is 16.2. The van der Waals surface area contributed by atoms with Gasteiger partial charge in [-0.2, -0.15) is 0 Å². The van der Waals surface area contributed by atoms with Crippen LogP contribution in [0.25, 0.3) is 21.8 Å². The third kappa shape index (κ3) is 3.80. The molecular weight excluding hydrogens is 394 g/mol. The van der Waals surface area contributed by atoms with E-state index in [-0.39, 0.29) is 71.4 Å². The fourth-order valence-electron chi connectivity index (χ4n) is 3.42. The molecule has 0 aliphatic carbocycles. The lowest BCUT2D eigenvalue weighted by molar-refractivity contribution is -0.118. The number of hydrogen-bond acceptors (Lipinski definition) is 8. The van der Waals surface area contributed by atoms with E-state index in [9.17, 15) is 29.4 Å². The van der Waals surface area contributed by atoms with Crippen molar-refractivity contribution in [2.24, 2.45) is 0 Å². The maximum absolute atomic E-state index is 12.9. The van der Waals surface area contributed by atoms with E-state index in [0.717, 1.165) is 4.57 Å². The first kappa shape index (κ1) is 21.5. The Balaban J connectivity index is 2.47. The van der Waals surface area contributed by atoms with Crippen LogP contribution in [0, 0.1) is 0 Å². The molecule has 30 heavy (non-hydrogen) atoms. The van der Waals surface area contributed by atoms with Crippen molar-refractivity contribution in [1.29, 1.82) is 0 Å². The minimum Gasteiger partial charge on any atom is -0.395 e. The lowest BCUT2D eigenvalue weighted by atomic mass is 10.0. The number of hydrogen-bond donors (Lipinski definition) is 3. The molecule has 0 aromatic carbocycles. The molecule has 3 aromatic heterocycles. The Labute approximate surface area is 169 Å². The molecule has 158 valence electrons. The Bertz CT molecular complexity index is 1260. The first-order valence-electron chi connectivity index (χ1n) is 9.28. The molecule has 3 aromatic rings. The van der Waals surface area contributed by atoms with Crippen molar-refractivity contribution in [1.82, 2.24) is 14.1 Å². The largest absolute Gasteiger partial charge is 0.395 e. The molecule has 10 nitrogen and oxygen atoms in total. The van der Waals surface area contributed by atoms with Gasteiger partial charge in [0.05, 0.1) is 46.7 Å². The van der Waals surface area contributed by atoms with Crippen LogP contribution in [0.2, 0.25) is 0 Å². The molecule has 0 spiro atoms. The summed E-state index contributed by atoms with van der Waals surface area (Å²) in [7, 11) is 0. The van der Waals surface area contributed by atoms with E-state index in [1.165, 1.54) is 30.0 Å². The minimum atomic E-state index is -1.27. The highest BCUT2D eigenvalue weighted by atomic mass is 16.3. The van der Waals surface area contributed by atoms with Gasteiger partial charge in [0.15, 0.2) is 6.29 Å². The molecule has 0 saturated carbocycles. The molecular formula is C20H21N3O7. The second-order valence-corrected chi connectivity index (χ2v) is 6.93. The van der Waals surface area contributed by atoms with Gasteiger partial charge in [-0.05, 0) is 13.0 Å². The normalized spacial score (nSPS) is 12.4. The number of pyridine rings is 3. The van der Waals surface area contributed by atoms with Crippen LogP contribution in [0.1, 0.15) is 35.4 Å². The third-order valence-electron chi connectivity index (χ3n) is 4.79. The Morgan fingerprint density at radius 3 is 2.17 bits per heavy atom. The van der Waals surface area contributed by atoms with Gasteiger partial charge in [-0.15, -0.1) is 0 Å². The number of fused-ring (bicyclic) bond motifs is 2. The molecule has 3 heterocycles. The van der Waals surface area contributed by atoms with Gasteiger partial charge in [0, 0.05) is 37.5 Å². The first-order valence-corrected chi connectivity index (χ1v) is 9.28. The van der Waals surface area contributed by atoms with Gasteiger partial charge >= 0.3 is 0 Å². The summed E-state index contributed by atoms with van der Waals surface area (Å²) in [5.41, 5.74) is -0.721. The number of Topliss-reactive ketones (excluding diaryl/α,β-unsaturated/α-hetero) is 1. The van der Waals surface area contributed by atoms with Crippen LogP contribution in [-0.2, 0) is 17.9 Å². The molecule has 0 amide bonds. The van der Waals surface area contributed by atoms with Crippen molar-refractivity contribution in [2.45, 2.75) is 32.5 Å². The van der Waals surface area contributed by atoms with Crippen LogP contribution < -0.4 is 11.1 Å². The summed E-state index contributed by atoms with van der Waals surface area (Å²) in [5, 5.41) is 29.0. The molecule has 10 heteroatoms. The summed E-state index contributed by atoms with van der Waals surface area (Å²) in [6.07, 6.45) is 1.61. The smallest absolute Gasteiger partial charge is 0.260 e. The molecule has 0 saturated heterocycles. The van der Waals surface area contributed by atoms with Crippen LogP contribution in [0.5, 0.6) is 0 Å². The van der Waals surface area contributed by atoms with E-state index in [1.807, 2.05) is 0 Å². The summed E-state index contributed by atoms with van der Waals surface area (Å²) in [5.74, 6) is -0.281. The van der Waals surface area contributed by atoms with Crippen molar-refractivity contribution in [3.05, 3.63) is 50.3 Å². The van der Waals surface area contributed by atoms with Gasteiger partial charge in [0.25, 0.3) is 11.1 Å². The van der Waals surface area contributed by atoms with Crippen molar-refractivity contribution < 1.29 is 24.9 Å². The Morgan fingerprint density at radius 1 is 1.07 bits per heavy atom. The summed E-state index contributed by atoms with van der Waals surface area (Å²) < 4.78 is 2.32. The molecule has 0 aliphatic rings. The monoisotopic (exact) mass is 415 g/mol. The number of rotatable bonds is 8. The van der Waals surface area contributed by atoms with Gasteiger partial charge in [0.1, 0.15) is 5.78 Å². The van der Waals surface area contributed by atoms with Crippen LogP contribution in [-0.4, -0.2) is 54.7 Å². The number of aldehydes is 1. The van der Waals surface area contributed by atoms with E-state index in [0.29, 0.717) is 6.29 Å². The summed E-state index contributed by atoms with van der Waals surface area (Å²) >= 11 is 0. The van der Waals surface area contributed by atoms with E-state index in [2.05, 4.69) is 4.98 Å². The molecule has 0 aliphatic heterocycles. The summed E-state index contributed by atoms with van der Waals surface area (Å²) in [6, 6.07) is 1.29. The number of aliphatic hydroxyl groups excluding tert-OH is 3. The number of aromatic nitrogens is 3. The van der Waals surface area contributed by atoms with Crippen LogP contribution in [0.3, 0.4) is 0 Å². The lowest BCUT2D eigenvalue weighted by Gasteiger charge is -2.16. The Morgan fingerprint density at radius 2 is 1.63 bits per heavy atom. The van der Waals surface area contributed by atoms with Crippen molar-refractivity contribution in [3.63, 3.8) is 0 Å². The number of carbonyl (C=O) groups excluding carboxylic acids is 2. The number of ketones is 1. The highest BCUT2D eigenvalue weighted by Gasteiger charge is 2.21. The van der Waals surface area contributed by atoms with Gasteiger partial charge in [-0.3, -0.25) is 19.2 Å². The van der Waals surface area contributed by atoms with E-state index in [1.54, 1.807) is 0 Å². The van der Waals surface area contributed by atoms with Crippen molar-refractivity contribution >= 4 is 33.9 Å². The maximum atomic E-state index is 12.9. The predicted molar refractivity (Wildman–Crippen MR) is 108 cm³/mol. The van der Waals surface area contributed by atoms with Crippen molar-refractivity contribution in [3.8, 4) is 0 Å². The van der Waals surface area contributed by atoms with Gasteiger partial charge in [-0.1, -0.05) is 0 Å². The van der Waals surface area contributed by atoms with Crippen LogP contribution >= 0.6 is 0 Å². The highest BCUT2D eigenvalue weighted by molar-refractivity contribution is 6.00. The molecule has 0 radical (unpaired) electrons. The van der Waals surface area contributed by atoms with E-state index in [4.69, 9.17) is 5.11 Å². The highest BCUT2D eigenvalue weighted by Crippen LogP contribution is 2.26. The molecule has 1 atom stereocenters. The quantitative estimate of drug-likeness (QED) is 0.330. The molecule has 3 rings (SSSR count). The zero-order chi connectivity index (χ0) is 22.0. The minimum absolute atomic E-state index is 0.00593. The average molecular weight is 415 g/mol. The Hall–Kier alpha value is -3.21. The maximum Gasteiger partial charge on any atom is 0.260 e. The van der Waals surface area contributed by atoms with Crippen LogP contribution in [0.4, 0.5) is 0 Å². The molecule has 1 unspecified atom stereocenters. The number of nitrogens with zero attached hydrogens (tertiary/aromatic N) is 3. The van der Waals surface area contributed by atoms with Crippen LogP contribution in [0.15, 0.2) is 28.0 Å². The lowest BCUT2D eigenvalue weighted by Crippen LogP contribution is -2.26. The van der Waals surface area contributed by atoms with Gasteiger partial charge < -0.3 is 24.5 Å². The third-order valence-corrected chi connectivity index (χ3v) is 4.79. The van der Waals surface area contributed by atoms with Gasteiger partial charge in [0.2, 0.25) is 0 Å².